The van der Waals surface area contributed by atoms with Crippen LogP contribution in [0.25, 0.3) is 0 Å². The van der Waals surface area contributed by atoms with E-state index in [2.05, 4.69) is 15.5 Å². The number of aromatic nitrogens is 1. The van der Waals surface area contributed by atoms with Gasteiger partial charge in [-0.25, -0.2) is 5.43 Å². The SMILES string of the molecule is O=C(N/N=C/c1ccncc1)c1ccc([N+](=O)[O-])cc1. The molecule has 7 heteroatoms. The van der Waals surface area contributed by atoms with Gasteiger partial charge in [0.05, 0.1) is 11.1 Å². The number of hydrogen-bond acceptors (Lipinski definition) is 5. The molecule has 0 saturated heterocycles. The van der Waals surface area contributed by atoms with Crippen molar-refractivity contribution in [2.24, 2.45) is 5.10 Å². The van der Waals surface area contributed by atoms with E-state index in [1.807, 2.05) is 0 Å². The fourth-order valence-corrected chi connectivity index (χ4v) is 1.41. The highest BCUT2D eigenvalue weighted by atomic mass is 16.6. The van der Waals surface area contributed by atoms with Crippen molar-refractivity contribution in [3.8, 4) is 0 Å². The van der Waals surface area contributed by atoms with Gasteiger partial charge in [-0.05, 0) is 29.8 Å². The molecule has 2 aromatic rings. The van der Waals surface area contributed by atoms with Crippen LogP contribution >= 0.6 is 0 Å². The van der Waals surface area contributed by atoms with E-state index in [1.165, 1.54) is 30.5 Å². The Morgan fingerprint density at radius 1 is 1.20 bits per heavy atom. The lowest BCUT2D eigenvalue weighted by atomic mass is 10.2. The minimum Gasteiger partial charge on any atom is -0.267 e. The zero-order valence-corrected chi connectivity index (χ0v) is 10.3. The first kappa shape index (κ1) is 13.3. The molecule has 2 rings (SSSR count). The zero-order valence-electron chi connectivity index (χ0n) is 10.3. The molecule has 1 amide bonds. The molecule has 1 heterocycles. The summed E-state index contributed by atoms with van der Waals surface area (Å²) in [5.74, 6) is -0.440. The van der Waals surface area contributed by atoms with Crippen molar-refractivity contribution in [2.75, 3.05) is 0 Å². The summed E-state index contributed by atoms with van der Waals surface area (Å²) in [6.07, 6.45) is 4.70. The van der Waals surface area contributed by atoms with Crippen LogP contribution in [0.5, 0.6) is 0 Å². The van der Waals surface area contributed by atoms with Gasteiger partial charge in [0.15, 0.2) is 0 Å². The lowest BCUT2D eigenvalue weighted by Crippen LogP contribution is -2.17. The maximum atomic E-state index is 11.7. The third-order valence-electron chi connectivity index (χ3n) is 2.43. The molecule has 0 spiro atoms. The molecular formula is C13H10N4O3. The number of carbonyl (C=O) groups is 1. The van der Waals surface area contributed by atoms with Crippen LogP contribution in [-0.4, -0.2) is 22.0 Å². The van der Waals surface area contributed by atoms with E-state index in [4.69, 9.17) is 0 Å². The van der Waals surface area contributed by atoms with Crippen molar-refractivity contribution < 1.29 is 9.72 Å². The van der Waals surface area contributed by atoms with Crippen LogP contribution in [0, 0.1) is 10.1 Å². The predicted octanol–water partition coefficient (Wildman–Crippen LogP) is 1.75. The van der Waals surface area contributed by atoms with E-state index in [9.17, 15) is 14.9 Å². The highest BCUT2D eigenvalue weighted by Gasteiger charge is 2.08. The van der Waals surface area contributed by atoms with Crippen molar-refractivity contribution in [2.45, 2.75) is 0 Å². The fraction of sp³-hybridized carbons (Fsp3) is 0. The normalized spacial score (nSPS) is 10.4. The Morgan fingerprint density at radius 3 is 2.45 bits per heavy atom. The molecule has 0 aliphatic rings. The Hall–Kier alpha value is -3.09. The number of nitro groups is 1. The number of nitrogens with zero attached hydrogens (tertiary/aromatic N) is 3. The highest BCUT2D eigenvalue weighted by molar-refractivity contribution is 5.95. The lowest BCUT2D eigenvalue weighted by Gasteiger charge is -1.99. The van der Waals surface area contributed by atoms with Gasteiger partial charge in [0.2, 0.25) is 0 Å². The van der Waals surface area contributed by atoms with Gasteiger partial charge >= 0.3 is 0 Å². The molecule has 0 unspecified atom stereocenters. The number of nitro benzene ring substituents is 1. The summed E-state index contributed by atoms with van der Waals surface area (Å²) in [5.41, 5.74) is 3.36. The van der Waals surface area contributed by atoms with E-state index in [1.54, 1.807) is 24.5 Å². The Kier molecular flexibility index (Phi) is 4.13. The zero-order chi connectivity index (χ0) is 14.4. The Bertz CT molecular complexity index is 638. The second kappa shape index (κ2) is 6.19. The highest BCUT2D eigenvalue weighted by Crippen LogP contribution is 2.11. The van der Waals surface area contributed by atoms with Gasteiger partial charge in [-0.15, -0.1) is 0 Å². The molecule has 0 aliphatic heterocycles. The molecule has 0 radical (unpaired) electrons. The van der Waals surface area contributed by atoms with Gasteiger partial charge in [-0.2, -0.15) is 5.10 Å². The van der Waals surface area contributed by atoms with Crippen LogP contribution in [0.15, 0.2) is 53.9 Å². The first-order valence-electron chi connectivity index (χ1n) is 5.65. The second-order valence-electron chi connectivity index (χ2n) is 3.78. The summed E-state index contributed by atoms with van der Waals surface area (Å²) in [5, 5.41) is 14.3. The predicted molar refractivity (Wildman–Crippen MR) is 72.4 cm³/mol. The number of hydrazone groups is 1. The van der Waals surface area contributed by atoms with Gasteiger partial charge in [-0.1, -0.05) is 0 Å². The van der Waals surface area contributed by atoms with E-state index < -0.39 is 10.8 Å². The standard InChI is InChI=1S/C13H10N4O3/c18-13(11-1-3-12(4-2-11)17(19)20)16-15-9-10-5-7-14-8-6-10/h1-9H,(H,16,18)/b15-9+. The molecule has 0 atom stereocenters. The van der Waals surface area contributed by atoms with E-state index in [0.29, 0.717) is 5.56 Å². The summed E-state index contributed by atoms with van der Waals surface area (Å²) in [4.78, 5) is 25.5. The molecule has 1 aromatic carbocycles. The van der Waals surface area contributed by atoms with Crippen molar-refractivity contribution in [1.29, 1.82) is 0 Å². The van der Waals surface area contributed by atoms with Gasteiger partial charge in [0.25, 0.3) is 11.6 Å². The fourth-order valence-electron chi connectivity index (χ4n) is 1.41. The Balaban J connectivity index is 1.98. The number of benzene rings is 1. The third-order valence-corrected chi connectivity index (χ3v) is 2.43. The van der Waals surface area contributed by atoms with Crippen LogP contribution in [0.3, 0.4) is 0 Å². The van der Waals surface area contributed by atoms with Gasteiger partial charge in [0, 0.05) is 30.1 Å². The average molecular weight is 270 g/mol. The van der Waals surface area contributed by atoms with Crippen molar-refractivity contribution in [3.05, 3.63) is 70.0 Å². The van der Waals surface area contributed by atoms with Gasteiger partial charge < -0.3 is 0 Å². The molecule has 0 bridgehead atoms. The maximum absolute atomic E-state index is 11.7. The number of hydrogen-bond donors (Lipinski definition) is 1. The van der Waals surface area contributed by atoms with E-state index in [-0.39, 0.29) is 5.69 Å². The average Bonchev–Trinajstić information content (AvgIpc) is 2.48. The number of nitrogens with one attached hydrogen (secondary N) is 1. The lowest BCUT2D eigenvalue weighted by molar-refractivity contribution is -0.384. The van der Waals surface area contributed by atoms with Crippen molar-refractivity contribution in [3.63, 3.8) is 0 Å². The molecule has 7 nitrogen and oxygen atoms in total. The van der Waals surface area contributed by atoms with Crippen LogP contribution < -0.4 is 5.43 Å². The van der Waals surface area contributed by atoms with Crippen LogP contribution in [0.2, 0.25) is 0 Å². The first-order valence-corrected chi connectivity index (χ1v) is 5.65. The van der Waals surface area contributed by atoms with Crippen LogP contribution in [-0.2, 0) is 0 Å². The molecular weight excluding hydrogens is 260 g/mol. The maximum Gasteiger partial charge on any atom is 0.271 e. The number of amides is 1. The number of pyridine rings is 1. The number of carbonyl (C=O) groups excluding carboxylic acids is 1. The van der Waals surface area contributed by atoms with Gasteiger partial charge in [-0.3, -0.25) is 19.9 Å². The van der Waals surface area contributed by atoms with Gasteiger partial charge in [0.1, 0.15) is 0 Å². The molecule has 20 heavy (non-hydrogen) atoms. The topological polar surface area (TPSA) is 97.5 Å². The quantitative estimate of drug-likeness (QED) is 0.520. The number of non-ortho nitro benzene ring substituents is 1. The smallest absolute Gasteiger partial charge is 0.267 e. The molecule has 100 valence electrons. The Morgan fingerprint density at radius 2 is 1.85 bits per heavy atom. The Labute approximate surface area is 114 Å². The summed E-state index contributed by atoms with van der Waals surface area (Å²) < 4.78 is 0. The van der Waals surface area contributed by atoms with Crippen LogP contribution in [0.1, 0.15) is 15.9 Å². The summed E-state index contributed by atoms with van der Waals surface area (Å²) in [6.45, 7) is 0. The first-order chi connectivity index (χ1) is 9.66. The molecule has 0 saturated carbocycles. The van der Waals surface area contributed by atoms with E-state index >= 15 is 0 Å². The largest absolute Gasteiger partial charge is 0.271 e. The third kappa shape index (κ3) is 3.45. The second-order valence-corrected chi connectivity index (χ2v) is 3.78. The summed E-state index contributed by atoms with van der Waals surface area (Å²) >= 11 is 0. The summed E-state index contributed by atoms with van der Waals surface area (Å²) in [6, 6.07) is 8.75. The molecule has 0 aliphatic carbocycles. The van der Waals surface area contributed by atoms with E-state index in [0.717, 1.165) is 5.56 Å². The van der Waals surface area contributed by atoms with Crippen molar-refractivity contribution in [1.82, 2.24) is 10.4 Å². The number of rotatable bonds is 4. The monoisotopic (exact) mass is 270 g/mol. The minimum absolute atomic E-state index is 0.0677. The molecule has 0 fully saturated rings. The molecule has 1 N–H and O–H groups in total. The van der Waals surface area contributed by atoms with Crippen molar-refractivity contribution >= 4 is 17.8 Å². The summed E-state index contributed by atoms with van der Waals surface area (Å²) in [7, 11) is 0. The minimum atomic E-state index is -0.525. The van der Waals surface area contributed by atoms with Crippen LogP contribution in [0.4, 0.5) is 5.69 Å². The molecule has 1 aromatic heterocycles.